The topological polar surface area (TPSA) is 453 Å². The van der Waals surface area contributed by atoms with Gasteiger partial charge >= 0.3 is 73.5 Å². The molecular formula is C81H109Cl3Li2N12O21. The van der Waals surface area contributed by atoms with Crippen molar-refractivity contribution >= 4 is 117 Å². The molecule has 4 aromatic carbocycles. The molecule has 7 fully saturated rings. The van der Waals surface area contributed by atoms with Crippen LogP contribution in [-0.4, -0.2) is 283 Å². The molecule has 0 spiro atoms. The van der Waals surface area contributed by atoms with E-state index in [0.717, 1.165) is 43.7 Å². The number of methoxy groups -OCH3 is 1. The van der Waals surface area contributed by atoms with Gasteiger partial charge < -0.3 is 81.2 Å². The number of aromatic hydroxyl groups is 3. The molecule has 7 aliphatic heterocycles. The van der Waals surface area contributed by atoms with Crippen LogP contribution in [0.2, 0.25) is 15.1 Å². The van der Waals surface area contributed by atoms with E-state index in [0.29, 0.717) is 120 Å². The number of amides is 4. The van der Waals surface area contributed by atoms with Crippen molar-refractivity contribution in [2.45, 2.75) is 130 Å². The maximum Gasteiger partial charge on any atom is 1.00 e. The van der Waals surface area contributed by atoms with Gasteiger partial charge in [-0.3, -0.25) is 72.4 Å². The number of carboxylic acids is 2. The first kappa shape index (κ1) is 103. The summed E-state index contributed by atoms with van der Waals surface area (Å²) >= 11 is 17.5. The minimum absolute atomic E-state index is 0. The van der Waals surface area contributed by atoms with Gasteiger partial charge in [-0.25, -0.2) is 9.97 Å². The summed E-state index contributed by atoms with van der Waals surface area (Å²) in [7, 11) is 1.39. The summed E-state index contributed by atoms with van der Waals surface area (Å²) in [4.78, 5) is 140. The Morgan fingerprint density at radius 1 is 0.454 bits per heavy atom. The van der Waals surface area contributed by atoms with Gasteiger partial charge in [0.25, 0.3) is 0 Å². The second-order valence-electron chi connectivity index (χ2n) is 32.4. The van der Waals surface area contributed by atoms with Crippen molar-refractivity contribution in [1.29, 1.82) is 0 Å². The Morgan fingerprint density at radius 2 is 0.798 bits per heavy atom. The summed E-state index contributed by atoms with van der Waals surface area (Å²) in [6.07, 6.45) is 7.84. The Kier molecular flexibility index (Phi) is 40.8. The molecule has 0 saturated carbocycles. The van der Waals surface area contributed by atoms with Gasteiger partial charge in [-0.05, 0) is 218 Å². The Balaban J connectivity index is 0.000000324. The molecule has 7 saturated heterocycles. The molecule has 10 N–H and O–H groups in total. The number of piperazine rings is 1. The number of fused-ring (bicyclic) bond motifs is 2. The number of nitrogens with zero attached hydrogens (tertiary/aromatic N) is 9. The molecule has 119 heavy (non-hydrogen) atoms. The Bertz CT molecular complexity index is 4240. The molecule has 0 radical (unpaired) electrons. The first-order chi connectivity index (χ1) is 54.1. The Morgan fingerprint density at radius 3 is 1.13 bits per heavy atom. The molecule has 8 heterocycles. The summed E-state index contributed by atoms with van der Waals surface area (Å²) in [5, 5.41) is 54.7. The van der Waals surface area contributed by atoms with Crippen LogP contribution in [0.4, 0.5) is 22.7 Å². The number of carboxylic acid groups (broad SMARTS) is 2. The van der Waals surface area contributed by atoms with Gasteiger partial charge in [0.2, 0.25) is 23.6 Å². The van der Waals surface area contributed by atoms with E-state index < -0.39 is 28.7 Å². The van der Waals surface area contributed by atoms with E-state index >= 15 is 0 Å². The fourth-order valence-electron chi connectivity index (χ4n) is 14.3. The quantitative estimate of drug-likeness (QED) is 0.0240. The van der Waals surface area contributed by atoms with Crippen molar-refractivity contribution < 1.29 is 141 Å². The number of benzene rings is 4. The Hall–Kier alpha value is -8.36. The molecular weight excluding hydrogens is 1600 g/mol. The maximum atomic E-state index is 13.2. The third kappa shape index (κ3) is 33.5. The van der Waals surface area contributed by atoms with E-state index in [1.165, 1.54) is 43.5 Å². The molecule has 0 aliphatic carbocycles. The van der Waals surface area contributed by atoms with E-state index in [9.17, 15) is 63.3 Å². The average Bonchev–Trinajstić information content (AvgIpc) is 1.62. The number of likely N-dealkylation sites (tertiary alicyclic amines) is 6. The molecule has 1 aromatic heterocycles. The molecule has 2 bridgehead atoms. The van der Waals surface area contributed by atoms with Crippen LogP contribution in [0, 0.1) is 29.6 Å². The van der Waals surface area contributed by atoms with E-state index in [2.05, 4.69) is 64.7 Å². The fraction of sp³-hybridized carbons (Fsp3) is 0.531. The number of aromatic nitrogens is 2. The van der Waals surface area contributed by atoms with Gasteiger partial charge in [0, 0.05) is 92.6 Å². The molecule has 4 amide bonds. The number of phenols is 3. The van der Waals surface area contributed by atoms with E-state index in [1.807, 2.05) is 81.9 Å². The average molecular weight is 1710 g/mol. The molecule has 7 aliphatic rings. The van der Waals surface area contributed by atoms with Crippen LogP contribution < -0.4 is 58.6 Å². The fourth-order valence-corrected chi connectivity index (χ4v) is 14.8. The van der Waals surface area contributed by atoms with Gasteiger partial charge in [0.05, 0.1) is 90.5 Å². The van der Waals surface area contributed by atoms with Crippen LogP contribution in [0.1, 0.15) is 101 Å². The molecule has 642 valence electrons. The van der Waals surface area contributed by atoms with Crippen LogP contribution in [0.15, 0.2) is 97.3 Å². The minimum atomic E-state index is -0.892. The summed E-state index contributed by atoms with van der Waals surface area (Å²) in [5.74, 6) is -3.40. The summed E-state index contributed by atoms with van der Waals surface area (Å²) in [6.45, 7) is 24.8. The van der Waals surface area contributed by atoms with Crippen LogP contribution in [0.5, 0.6) is 17.2 Å². The van der Waals surface area contributed by atoms with Gasteiger partial charge in [0.1, 0.15) is 34.1 Å². The smallest absolute Gasteiger partial charge is 0.870 e. The van der Waals surface area contributed by atoms with Crippen molar-refractivity contribution in [3.05, 3.63) is 112 Å². The van der Waals surface area contributed by atoms with Crippen molar-refractivity contribution in [3.63, 3.8) is 0 Å². The molecule has 5 aromatic rings. The molecule has 33 nitrogen and oxygen atoms in total. The van der Waals surface area contributed by atoms with Crippen molar-refractivity contribution in [2.24, 2.45) is 29.6 Å². The SMILES string of the molecule is CC(C)(C)OC(=O)CN1CC[C@@H](C(=O)Nc2ccc(O)c(Cl)c2)C1.CC(C)(C)OC(=O)CN1CC[C@@H](C(=O)O)C1.COC(=O)[C@@H]1CCN(CC(=O)OC(C)(C)C)C1.O=C(Nc1ccc(O)c(Cl)c1)[C@@H]1CCN(CC(=O)N2C[C@@H]3C[C@H]2CN3c2ccc(-c3ncccn3)cc2)C1.O=C(O)CN1CC[C@@H](C(=O)Nc2ccc(O)c(Cl)c2)C1.[Li+].[Li+].[OH-].[OH-]. The Labute approximate surface area is 732 Å². The molecule has 38 heteroatoms. The number of phenolic OH excluding ortho intramolecular Hbond substituents is 3. The van der Waals surface area contributed by atoms with Gasteiger partial charge in [-0.15, -0.1) is 0 Å². The molecule has 0 unspecified atom stereocenters. The number of halogens is 3. The summed E-state index contributed by atoms with van der Waals surface area (Å²) < 4.78 is 20.4. The monoisotopic (exact) mass is 1700 g/mol. The van der Waals surface area contributed by atoms with Gasteiger partial charge in [0.15, 0.2) is 5.82 Å². The van der Waals surface area contributed by atoms with Crippen molar-refractivity contribution in [1.82, 2.24) is 39.4 Å². The first-order valence-corrected chi connectivity index (χ1v) is 39.4. The van der Waals surface area contributed by atoms with E-state index in [-0.39, 0.29) is 190 Å². The van der Waals surface area contributed by atoms with E-state index in [4.69, 9.17) is 59.2 Å². The zero-order chi connectivity index (χ0) is 84.2. The second kappa shape index (κ2) is 47.2. The number of aliphatic carboxylic acids is 2. The third-order valence-electron chi connectivity index (χ3n) is 19.6. The third-order valence-corrected chi connectivity index (χ3v) is 20.5. The number of nitrogens with one attached hydrogen (secondary N) is 3. The minimum Gasteiger partial charge on any atom is -0.870 e. The predicted molar refractivity (Wildman–Crippen MR) is 435 cm³/mol. The number of carbonyl (C=O) groups is 10. The van der Waals surface area contributed by atoms with Crippen molar-refractivity contribution in [3.8, 4) is 28.6 Å². The number of esters is 4. The van der Waals surface area contributed by atoms with Gasteiger partial charge in [-0.1, -0.05) is 34.8 Å². The van der Waals surface area contributed by atoms with E-state index in [1.54, 1.807) is 41.6 Å². The summed E-state index contributed by atoms with van der Waals surface area (Å²) in [5.41, 5.74) is 2.29. The second-order valence-corrected chi connectivity index (χ2v) is 33.7. The number of hydrogen-bond acceptors (Lipinski definition) is 27. The van der Waals surface area contributed by atoms with Gasteiger partial charge in [-0.2, -0.15) is 0 Å². The first-order valence-electron chi connectivity index (χ1n) is 38.2. The number of ether oxygens (including phenoxy) is 4. The molecule has 7 atom stereocenters. The number of anilines is 4. The van der Waals surface area contributed by atoms with Crippen LogP contribution in [0.25, 0.3) is 11.4 Å². The number of carbonyl (C=O) groups excluding carboxylic acids is 8. The molecule has 12 rings (SSSR count). The van der Waals surface area contributed by atoms with Crippen LogP contribution >= 0.6 is 34.8 Å². The number of hydrogen-bond donors (Lipinski definition) is 8. The van der Waals surface area contributed by atoms with Crippen molar-refractivity contribution in [2.75, 3.05) is 139 Å². The zero-order valence-electron chi connectivity index (χ0n) is 69.5. The maximum absolute atomic E-state index is 13.2. The zero-order valence-corrected chi connectivity index (χ0v) is 71.8. The predicted octanol–water partition coefficient (Wildman–Crippen LogP) is 2.50. The number of rotatable bonds is 20. The standard InChI is InChI=1S/C28H29ClN6O3.C17H23ClN2O4.C13H15ClN2O4.C12H21NO4.C11H19NO4.2Li.2H2O/c29-24-12-20(4-7-25(24)36)32-28(38)19-8-11-33(14-19)17-26(37)35-16-22-13-23(35)15-34(22)21-5-2-18(3-6-21)27-30-9-1-10-31-27;1-17(2,3)24-15(22)10-20-7-6-11(9-20)16(23)19-12-4-5-14(21)13(18)8-12;14-10-5-9(1-2-11(10)17)15-13(20)8-3-4-16(6-8)7-12(18)19;1-12(2,3)17-10(14)8-13-6-5-9(7-13)11(15)16-4;1-11(2,3)16-9(13)7-12-5-4-8(6-12)10(14)15;;;;/h1-7,9-10,12,19,22-23,36H,8,11,13-17H2,(H,32,38);4-5,8,11,21H,6-7,9-10H2,1-3H3,(H,19,23);1-2,5,8,17H,3-4,6-7H2,(H,15,20)(H,18,19);9H,5-8H2,1-4H3;8H,4-7H2,1-3H3,(H,14,15);;;2*1H2/q;;;;;2*+1;;/p-2/t19-,22+,23+;11-;8-;9-;8-;;;;/m11111..../s1. The van der Waals surface area contributed by atoms with Crippen LogP contribution in [-0.2, 0) is 66.9 Å². The van der Waals surface area contributed by atoms with Crippen LogP contribution in [0.3, 0.4) is 0 Å². The normalized spacial score (nSPS) is 20.2. The largest absolute Gasteiger partial charge is 1.00 e. The summed E-state index contributed by atoms with van der Waals surface area (Å²) in [6, 6.07) is 24.2.